The lowest BCUT2D eigenvalue weighted by Gasteiger charge is -2.06. The second-order valence-corrected chi connectivity index (χ2v) is 7.26. The Hall–Kier alpha value is -2.90. The zero-order chi connectivity index (χ0) is 19.3. The predicted octanol–water partition coefficient (Wildman–Crippen LogP) is 5.13. The number of hydrogen-bond acceptors (Lipinski definition) is 6. The van der Waals surface area contributed by atoms with E-state index in [0.29, 0.717) is 29.0 Å². The normalized spacial score (nSPS) is 10.9. The Morgan fingerprint density at radius 3 is 2.68 bits per heavy atom. The van der Waals surface area contributed by atoms with Crippen LogP contribution in [0, 0.1) is 0 Å². The van der Waals surface area contributed by atoms with Crippen LogP contribution >= 0.6 is 23.4 Å². The van der Waals surface area contributed by atoms with Crippen molar-refractivity contribution in [3.8, 4) is 22.8 Å². The van der Waals surface area contributed by atoms with E-state index >= 15 is 0 Å². The van der Waals surface area contributed by atoms with Gasteiger partial charge in [0.1, 0.15) is 0 Å². The minimum atomic E-state index is 0.484. The minimum Gasteiger partial charge on any atom is -0.338 e. The van der Waals surface area contributed by atoms with Gasteiger partial charge in [0.25, 0.3) is 0 Å². The molecule has 140 valence electrons. The lowest BCUT2D eigenvalue weighted by atomic mass is 10.2. The summed E-state index contributed by atoms with van der Waals surface area (Å²) in [6.07, 6.45) is 1.82. The van der Waals surface area contributed by atoms with Gasteiger partial charge in [-0.3, -0.25) is 4.57 Å². The van der Waals surface area contributed by atoms with E-state index < -0.39 is 0 Å². The molecule has 0 fully saturated rings. The van der Waals surface area contributed by atoms with Crippen molar-refractivity contribution in [1.82, 2.24) is 24.9 Å². The fourth-order valence-electron chi connectivity index (χ4n) is 2.67. The van der Waals surface area contributed by atoms with Crippen LogP contribution in [0.25, 0.3) is 22.8 Å². The first-order valence-electron chi connectivity index (χ1n) is 8.55. The van der Waals surface area contributed by atoms with Gasteiger partial charge in [-0.2, -0.15) is 4.98 Å². The summed E-state index contributed by atoms with van der Waals surface area (Å²) in [5.41, 5.74) is 1.82. The average Bonchev–Trinajstić information content (AvgIpc) is 3.35. The summed E-state index contributed by atoms with van der Waals surface area (Å²) >= 11 is 7.51. The third-order valence-electron chi connectivity index (χ3n) is 3.94. The van der Waals surface area contributed by atoms with E-state index in [2.05, 4.69) is 26.9 Å². The van der Waals surface area contributed by atoms with Crippen LogP contribution in [0.1, 0.15) is 5.89 Å². The number of nitrogens with zero attached hydrogens (tertiary/aromatic N) is 5. The van der Waals surface area contributed by atoms with E-state index in [1.165, 1.54) is 11.8 Å². The summed E-state index contributed by atoms with van der Waals surface area (Å²) < 4.78 is 7.38. The summed E-state index contributed by atoms with van der Waals surface area (Å²) in [6, 6.07) is 17.3. The van der Waals surface area contributed by atoms with Crippen LogP contribution in [0.5, 0.6) is 0 Å². The predicted molar refractivity (Wildman–Crippen MR) is 110 cm³/mol. The smallest absolute Gasteiger partial charge is 0.237 e. The van der Waals surface area contributed by atoms with Gasteiger partial charge in [0.15, 0.2) is 11.0 Å². The first kappa shape index (κ1) is 18.5. The van der Waals surface area contributed by atoms with Crippen LogP contribution < -0.4 is 0 Å². The first-order valence-corrected chi connectivity index (χ1v) is 9.92. The van der Waals surface area contributed by atoms with Crippen molar-refractivity contribution in [3.05, 3.63) is 78.2 Å². The van der Waals surface area contributed by atoms with E-state index in [-0.39, 0.29) is 0 Å². The number of hydrogen-bond donors (Lipinski definition) is 0. The summed E-state index contributed by atoms with van der Waals surface area (Å²) in [6.45, 7) is 4.44. The highest BCUT2D eigenvalue weighted by Crippen LogP contribution is 2.27. The average molecular weight is 410 g/mol. The van der Waals surface area contributed by atoms with E-state index in [9.17, 15) is 0 Å². The standard InChI is InChI=1S/C20H16ClN5OS/c1-2-11-26-19(14-7-4-3-5-8-14)23-24-20(26)28-13-17-22-18(25-27-17)15-9-6-10-16(21)12-15/h2-10,12H,1,11,13H2. The van der Waals surface area contributed by atoms with Gasteiger partial charge >= 0.3 is 0 Å². The highest BCUT2D eigenvalue weighted by atomic mass is 35.5. The summed E-state index contributed by atoms with van der Waals surface area (Å²) in [7, 11) is 0. The molecule has 0 aliphatic carbocycles. The molecule has 2 heterocycles. The third kappa shape index (κ3) is 4.00. The van der Waals surface area contributed by atoms with Crippen LogP contribution in [0.4, 0.5) is 0 Å². The fraction of sp³-hybridized carbons (Fsp3) is 0.100. The molecule has 0 spiro atoms. The van der Waals surface area contributed by atoms with Crippen LogP contribution in [-0.2, 0) is 12.3 Å². The topological polar surface area (TPSA) is 69.6 Å². The second-order valence-electron chi connectivity index (χ2n) is 5.88. The fourth-order valence-corrected chi connectivity index (χ4v) is 3.65. The molecule has 0 unspecified atom stereocenters. The summed E-state index contributed by atoms with van der Waals surface area (Å²) in [4.78, 5) is 4.44. The van der Waals surface area contributed by atoms with Gasteiger partial charge in [0.05, 0.1) is 5.75 Å². The maximum absolute atomic E-state index is 6.03. The van der Waals surface area contributed by atoms with Crippen molar-refractivity contribution in [2.24, 2.45) is 0 Å². The maximum Gasteiger partial charge on any atom is 0.237 e. The van der Waals surface area contributed by atoms with Crippen LogP contribution in [0.3, 0.4) is 0 Å². The zero-order valence-corrected chi connectivity index (χ0v) is 16.4. The summed E-state index contributed by atoms with van der Waals surface area (Å²) in [5.74, 6) is 2.30. The molecule has 2 aromatic heterocycles. The van der Waals surface area contributed by atoms with Gasteiger partial charge in [0.2, 0.25) is 11.7 Å². The Kier molecular flexibility index (Phi) is 5.55. The van der Waals surface area contributed by atoms with Crippen molar-refractivity contribution in [3.63, 3.8) is 0 Å². The molecule has 2 aromatic carbocycles. The van der Waals surface area contributed by atoms with E-state index in [4.69, 9.17) is 16.1 Å². The maximum atomic E-state index is 6.03. The van der Waals surface area contributed by atoms with E-state index in [1.54, 1.807) is 12.1 Å². The Morgan fingerprint density at radius 2 is 1.89 bits per heavy atom. The van der Waals surface area contributed by atoms with Crippen molar-refractivity contribution < 1.29 is 4.52 Å². The molecule has 4 aromatic rings. The lowest BCUT2D eigenvalue weighted by molar-refractivity contribution is 0.391. The molecular weight excluding hydrogens is 394 g/mol. The Bertz CT molecular complexity index is 1090. The van der Waals surface area contributed by atoms with Crippen molar-refractivity contribution in [2.75, 3.05) is 0 Å². The molecule has 0 atom stereocenters. The van der Waals surface area contributed by atoms with Gasteiger partial charge in [-0.1, -0.05) is 77.1 Å². The molecule has 0 N–H and O–H groups in total. The van der Waals surface area contributed by atoms with Crippen molar-refractivity contribution in [2.45, 2.75) is 17.5 Å². The minimum absolute atomic E-state index is 0.484. The van der Waals surface area contributed by atoms with Crippen LogP contribution in [-0.4, -0.2) is 24.9 Å². The third-order valence-corrected chi connectivity index (χ3v) is 5.12. The molecule has 0 saturated carbocycles. The quantitative estimate of drug-likeness (QED) is 0.311. The van der Waals surface area contributed by atoms with Crippen molar-refractivity contribution in [1.29, 1.82) is 0 Å². The number of benzene rings is 2. The molecule has 28 heavy (non-hydrogen) atoms. The molecular formula is C20H16ClN5OS. The SMILES string of the molecule is C=CCn1c(SCc2nc(-c3cccc(Cl)c3)no2)nnc1-c1ccccc1. The largest absolute Gasteiger partial charge is 0.338 e. The lowest BCUT2D eigenvalue weighted by Crippen LogP contribution is -2.00. The molecule has 8 heteroatoms. The molecule has 0 bridgehead atoms. The highest BCUT2D eigenvalue weighted by molar-refractivity contribution is 7.98. The van der Waals surface area contributed by atoms with Gasteiger partial charge in [-0.15, -0.1) is 16.8 Å². The molecule has 0 radical (unpaired) electrons. The Labute approximate surface area is 171 Å². The monoisotopic (exact) mass is 409 g/mol. The molecule has 0 amide bonds. The Morgan fingerprint density at radius 1 is 1.07 bits per heavy atom. The van der Waals surface area contributed by atoms with Gasteiger partial charge < -0.3 is 4.52 Å². The summed E-state index contributed by atoms with van der Waals surface area (Å²) in [5, 5.41) is 14.1. The van der Waals surface area contributed by atoms with Crippen LogP contribution in [0.2, 0.25) is 5.02 Å². The highest BCUT2D eigenvalue weighted by Gasteiger charge is 2.15. The Balaban J connectivity index is 1.53. The number of thioether (sulfide) groups is 1. The van der Waals surface area contributed by atoms with Gasteiger partial charge in [-0.25, -0.2) is 0 Å². The van der Waals surface area contributed by atoms with Crippen molar-refractivity contribution >= 4 is 23.4 Å². The second kappa shape index (κ2) is 8.41. The number of rotatable bonds is 7. The van der Waals surface area contributed by atoms with E-state index in [1.807, 2.05) is 53.1 Å². The van der Waals surface area contributed by atoms with Crippen LogP contribution in [0.15, 0.2) is 76.9 Å². The number of allylic oxidation sites excluding steroid dienone is 1. The zero-order valence-electron chi connectivity index (χ0n) is 14.8. The number of halogens is 1. The molecule has 0 aliphatic rings. The molecule has 0 saturated heterocycles. The molecule has 0 aliphatic heterocycles. The van der Waals surface area contributed by atoms with Gasteiger partial charge in [-0.05, 0) is 12.1 Å². The van der Waals surface area contributed by atoms with Gasteiger partial charge in [0, 0.05) is 22.7 Å². The molecule has 6 nitrogen and oxygen atoms in total. The molecule has 4 rings (SSSR count). The van der Waals surface area contributed by atoms with E-state index in [0.717, 1.165) is 22.1 Å². The first-order chi connectivity index (χ1) is 13.7. The number of aromatic nitrogens is 5.